The molecular formula is C22H24N2O5. The molecule has 0 saturated carbocycles. The van der Waals surface area contributed by atoms with E-state index in [-0.39, 0.29) is 18.3 Å². The van der Waals surface area contributed by atoms with Gasteiger partial charge in [0.15, 0.2) is 0 Å². The molecule has 3 rings (SSSR count). The van der Waals surface area contributed by atoms with Gasteiger partial charge in [0.2, 0.25) is 5.91 Å². The number of cyclic esters (lactones) is 1. The van der Waals surface area contributed by atoms with E-state index in [2.05, 4.69) is 5.32 Å². The van der Waals surface area contributed by atoms with Crippen LogP contribution in [-0.2, 0) is 25.6 Å². The van der Waals surface area contributed by atoms with E-state index in [1.807, 2.05) is 35.2 Å². The summed E-state index contributed by atoms with van der Waals surface area (Å²) in [5.74, 6) is -1.09. The van der Waals surface area contributed by atoms with Crippen molar-refractivity contribution in [3.63, 3.8) is 0 Å². The molecule has 0 bridgehead atoms. The lowest BCUT2D eigenvalue weighted by Gasteiger charge is -2.33. The van der Waals surface area contributed by atoms with Gasteiger partial charge in [-0.25, -0.2) is 4.79 Å². The molecule has 1 fully saturated rings. The van der Waals surface area contributed by atoms with Crippen molar-refractivity contribution in [3.05, 3.63) is 65.7 Å². The van der Waals surface area contributed by atoms with Crippen molar-refractivity contribution in [3.8, 4) is 0 Å². The fourth-order valence-electron chi connectivity index (χ4n) is 3.18. The van der Waals surface area contributed by atoms with Crippen molar-refractivity contribution >= 4 is 23.5 Å². The first-order valence-electron chi connectivity index (χ1n) is 9.58. The third-order valence-corrected chi connectivity index (χ3v) is 4.62. The Hall–Kier alpha value is -3.19. The van der Waals surface area contributed by atoms with Gasteiger partial charge in [0.05, 0.1) is 18.6 Å². The SMILES string of the molecule is CCOC(=O)c1ccc(NC(=O)C[C@@H]2C(=O)OCCN2Cc2ccccc2)cc1. The lowest BCUT2D eigenvalue weighted by atomic mass is 10.1. The van der Waals surface area contributed by atoms with Crippen LogP contribution in [0, 0.1) is 0 Å². The van der Waals surface area contributed by atoms with Crippen LogP contribution < -0.4 is 5.32 Å². The van der Waals surface area contributed by atoms with Crippen LogP contribution in [0.2, 0.25) is 0 Å². The standard InChI is InChI=1S/C22H24N2O5/c1-2-28-21(26)17-8-10-18(11-9-17)23-20(25)14-19-22(27)29-13-12-24(19)15-16-6-4-3-5-7-16/h3-11,19H,2,12-15H2,1H3,(H,23,25)/t19-/m1/s1. The van der Waals surface area contributed by atoms with Gasteiger partial charge in [0, 0.05) is 18.8 Å². The molecule has 29 heavy (non-hydrogen) atoms. The van der Waals surface area contributed by atoms with Gasteiger partial charge in [-0.1, -0.05) is 30.3 Å². The smallest absolute Gasteiger partial charge is 0.338 e. The number of rotatable bonds is 7. The Balaban J connectivity index is 1.61. The number of nitrogens with one attached hydrogen (secondary N) is 1. The van der Waals surface area contributed by atoms with Crippen molar-refractivity contribution in [2.45, 2.75) is 25.9 Å². The molecule has 7 heteroatoms. The van der Waals surface area contributed by atoms with Crippen molar-refractivity contribution in [1.29, 1.82) is 0 Å². The summed E-state index contributed by atoms with van der Waals surface area (Å²) in [6.07, 6.45) is -0.00864. The molecule has 2 aromatic rings. The number of carbonyl (C=O) groups excluding carboxylic acids is 3. The molecule has 0 radical (unpaired) electrons. The number of ether oxygens (including phenoxy) is 2. The third-order valence-electron chi connectivity index (χ3n) is 4.62. The number of nitrogens with zero attached hydrogens (tertiary/aromatic N) is 1. The maximum absolute atomic E-state index is 12.5. The molecule has 0 aliphatic carbocycles. The molecule has 152 valence electrons. The molecule has 1 N–H and O–H groups in total. The number of amides is 1. The molecule has 7 nitrogen and oxygen atoms in total. The summed E-state index contributed by atoms with van der Waals surface area (Å²) < 4.78 is 10.1. The van der Waals surface area contributed by atoms with Crippen LogP contribution >= 0.6 is 0 Å². The van der Waals surface area contributed by atoms with E-state index >= 15 is 0 Å². The minimum absolute atomic E-state index is 0.00864. The van der Waals surface area contributed by atoms with Gasteiger partial charge in [0.1, 0.15) is 12.6 Å². The highest BCUT2D eigenvalue weighted by Crippen LogP contribution is 2.18. The zero-order valence-corrected chi connectivity index (χ0v) is 16.3. The summed E-state index contributed by atoms with van der Waals surface area (Å²) in [6.45, 7) is 3.51. The van der Waals surface area contributed by atoms with Gasteiger partial charge in [-0.2, -0.15) is 0 Å². The van der Waals surface area contributed by atoms with E-state index in [0.717, 1.165) is 5.56 Å². The van der Waals surface area contributed by atoms with Crippen LogP contribution in [0.25, 0.3) is 0 Å². The Kier molecular flexibility index (Phi) is 6.97. The Labute approximate surface area is 169 Å². The molecule has 1 saturated heterocycles. The Bertz CT molecular complexity index is 851. The summed E-state index contributed by atoms with van der Waals surface area (Å²) in [5.41, 5.74) is 2.03. The molecule has 1 heterocycles. The second kappa shape index (κ2) is 9.84. The van der Waals surface area contributed by atoms with E-state index in [1.54, 1.807) is 31.2 Å². The average Bonchev–Trinajstić information content (AvgIpc) is 2.72. The molecule has 0 aromatic heterocycles. The highest BCUT2D eigenvalue weighted by Gasteiger charge is 2.33. The number of esters is 2. The number of hydrogen-bond acceptors (Lipinski definition) is 6. The Morgan fingerprint density at radius 2 is 1.86 bits per heavy atom. The molecule has 1 aliphatic rings. The van der Waals surface area contributed by atoms with E-state index in [4.69, 9.17) is 9.47 Å². The second-order valence-corrected chi connectivity index (χ2v) is 6.69. The van der Waals surface area contributed by atoms with Gasteiger partial charge >= 0.3 is 11.9 Å². The first-order valence-corrected chi connectivity index (χ1v) is 9.58. The average molecular weight is 396 g/mol. The number of anilines is 1. The summed E-state index contributed by atoms with van der Waals surface area (Å²) in [7, 11) is 0. The monoisotopic (exact) mass is 396 g/mol. The first-order chi connectivity index (χ1) is 14.1. The van der Waals surface area contributed by atoms with Crippen LogP contribution in [-0.4, -0.2) is 48.5 Å². The van der Waals surface area contributed by atoms with Crippen molar-refractivity contribution in [2.24, 2.45) is 0 Å². The van der Waals surface area contributed by atoms with Crippen LogP contribution in [0.3, 0.4) is 0 Å². The predicted molar refractivity (Wildman–Crippen MR) is 107 cm³/mol. The second-order valence-electron chi connectivity index (χ2n) is 6.69. The number of morpholine rings is 1. The molecule has 1 amide bonds. The number of carbonyl (C=O) groups is 3. The highest BCUT2D eigenvalue weighted by atomic mass is 16.5. The molecule has 1 atom stereocenters. The molecule has 2 aromatic carbocycles. The lowest BCUT2D eigenvalue weighted by Crippen LogP contribution is -2.49. The molecule has 0 spiro atoms. The van der Waals surface area contributed by atoms with E-state index < -0.39 is 12.0 Å². The molecular weight excluding hydrogens is 372 g/mol. The quantitative estimate of drug-likeness (QED) is 0.725. The summed E-state index contributed by atoms with van der Waals surface area (Å²) in [5, 5.41) is 2.77. The van der Waals surface area contributed by atoms with Crippen LogP contribution in [0.1, 0.15) is 29.3 Å². The maximum Gasteiger partial charge on any atom is 0.338 e. The number of benzene rings is 2. The largest absolute Gasteiger partial charge is 0.463 e. The van der Waals surface area contributed by atoms with E-state index in [1.165, 1.54) is 0 Å². The highest BCUT2D eigenvalue weighted by molar-refractivity contribution is 5.95. The van der Waals surface area contributed by atoms with Gasteiger partial charge < -0.3 is 14.8 Å². The van der Waals surface area contributed by atoms with E-state index in [0.29, 0.717) is 37.6 Å². The Morgan fingerprint density at radius 3 is 2.55 bits per heavy atom. The van der Waals surface area contributed by atoms with Gasteiger partial charge in [-0.15, -0.1) is 0 Å². The van der Waals surface area contributed by atoms with Crippen molar-refractivity contribution in [2.75, 3.05) is 25.1 Å². The zero-order valence-electron chi connectivity index (χ0n) is 16.3. The summed E-state index contributed by atoms with van der Waals surface area (Å²) >= 11 is 0. The minimum atomic E-state index is -0.636. The van der Waals surface area contributed by atoms with Crippen LogP contribution in [0.5, 0.6) is 0 Å². The van der Waals surface area contributed by atoms with Crippen molar-refractivity contribution < 1.29 is 23.9 Å². The maximum atomic E-state index is 12.5. The summed E-state index contributed by atoms with van der Waals surface area (Å²) in [4.78, 5) is 38.4. The van der Waals surface area contributed by atoms with Gasteiger partial charge in [-0.3, -0.25) is 14.5 Å². The predicted octanol–water partition coefficient (Wildman–Crippen LogP) is 2.62. The topological polar surface area (TPSA) is 84.9 Å². The fraction of sp³-hybridized carbons (Fsp3) is 0.318. The normalized spacial score (nSPS) is 16.7. The molecule has 1 aliphatic heterocycles. The number of hydrogen-bond donors (Lipinski definition) is 1. The van der Waals surface area contributed by atoms with E-state index in [9.17, 15) is 14.4 Å². The lowest BCUT2D eigenvalue weighted by molar-refractivity contribution is -0.159. The van der Waals surface area contributed by atoms with Crippen molar-refractivity contribution in [1.82, 2.24) is 4.90 Å². The van der Waals surface area contributed by atoms with Crippen LogP contribution in [0.15, 0.2) is 54.6 Å². The Morgan fingerprint density at radius 1 is 1.14 bits per heavy atom. The zero-order chi connectivity index (χ0) is 20.6. The fourth-order valence-corrected chi connectivity index (χ4v) is 3.18. The van der Waals surface area contributed by atoms with Gasteiger partial charge in [-0.05, 0) is 36.8 Å². The minimum Gasteiger partial charge on any atom is -0.463 e. The first kappa shape index (κ1) is 20.5. The third kappa shape index (κ3) is 5.65. The van der Waals surface area contributed by atoms with Gasteiger partial charge in [0.25, 0.3) is 0 Å². The van der Waals surface area contributed by atoms with Crippen LogP contribution in [0.4, 0.5) is 5.69 Å². The summed E-state index contributed by atoms with van der Waals surface area (Å²) in [6, 6.07) is 15.6. The molecule has 0 unspecified atom stereocenters.